The van der Waals surface area contributed by atoms with Crippen LogP contribution in [0.5, 0.6) is 5.75 Å². The second-order valence-electron chi connectivity index (χ2n) is 6.43. The van der Waals surface area contributed by atoms with Gasteiger partial charge in [-0.2, -0.15) is 5.26 Å². The molecule has 0 fully saturated rings. The Labute approximate surface area is 181 Å². The Morgan fingerprint density at radius 1 is 1.17 bits per heavy atom. The highest BCUT2D eigenvalue weighted by molar-refractivity contribution is 7.89. The highest BCUT2D eigenvalue weighted by Crippen LogP contribution is 2.30. The summed E-state index contributed by atoms with van der Waals surface area (Å²) in [6.45, 7) is 0.248. The maximum Gasteiger partial charge on any atom is 0.573 e. The summed E-state index contributed by atoms with van der Waals surface area (Å²) in [6, 6.07) is 7.90. The molecule has 0 aliphatic carbocycles. The summed E-state index contributed by atoms with van der Waals surface area (Å²) >= 11 is 11.9. The van der Waals surface area contributed by atoms with Gasteiger partial charge < -0.3 is 9.64 Å². The standard InChI is InChI=1S/C18H16Cl2F3N3O3S/c1-26(2)10-16(11-3-5-14(19)15(20)8-11)25-30(27,28)13-4-6-17(12(7-13)9-24)29-18(21,22)23/h3-8,16,25H,10H2,1-2H3/t16-/m0/s1. The van der Waals surface area contributed by atoms with Crippen molar-refractivity contribution in [1.82, 2.24) is 9.62 Å². The molecule has 1 N–H and O–H groups in total. The van der Waals surface area contributed by atoms with Gasteiger partial charge in [0.1, 0.15) is 11.8 Å². The summed E-state index contributed by atoms with van der Waals surface area (Å²) in [5.41, 5.74) is -0.0481. The summed E-state index contributed by atoms with van der Waals surface area (Å²) in [7, 11) is -0.746. The van der Waals surface area contributed by atoms with Crippen LogP contribution in [0, 0.1) is 11.3 Å². The summed E-state index contributed by atoms with van der Waals surface area (Å²) in [4.78, 5) is 1.34. The van der Waals surface area contributed by atoms with E-state index in [2.05, 4.69) is 9.46 Å². The van der Waals surface area contributed by atoms with E-state index in [9.17, 15) is 21.6 Å². The van der Waals surface area contributed by atoms with Crippen molar-refractivity contribution in [2.24, 2.45) is 0 Å². The molecule has 0 radical (unpaired) electrons. The predicted molar refractivity (Wildman–Crippen MR) is 106 cm³/mol. The molecule has 6 nitrogen and oxygen atoms in total. The molecule has 2 rings (SSSR count). The molecule has 0 saturated carbocycles. The van der Waals surface area contributed by atoms with E-state index in [1.165, 1.54) is 18.2 Å². The van der Waals surface area contributed by atoms with Crippen LogP contribution in [-0.2, 0) is 10.0 Å². The molecule has 0 bridgehead atoms. The second-order valence-corrected chi connectivity index (χ2v) is 8.96. The van der Waals surface area contributed by atoms with Crippen LogP contribution >= 0.6 is 23.2 Å². The number of sulfonamides is 1. The van der Waals surface area contributed by atoms with E-state index in [0.29, 0.717) is 10.6 Å². The van der Waals surface area contributed by atoms with E-state index in [-0.39, 0.29) is 11.6 Å². The Bertz CT molecular complexity index is 1070. The molecule has 1 atom stereocenters. The lowest BCUT2D eigenvalue weighted by Gasteiger charge is -2.23. The molecule has 12 heteroatoms. The van der Waals surface area contributed by atoms with Crippen LogP contribution in [0.4, 0.5) is 13.2 Å². The smallest absolute Gasteiger partial charge is 0.404 e. The Balaban J connectivity index is 2.40. The van der Waals surface area contributed by atoms with Crippen molar-refractivity contribution in [3.63, 3.8) is 0 Å². The third-order valence-corrected chi connectivity index (χ3v) is 6.01. The summed E-state index contributed by atoms with van der Waals surface area (Å²) < 4.78 is 69.3. The Morgan fingerprint density at radius 2 is 1.83 bits per heavy atom. The van der Waals surface area contributed by atoms with Crippen LogP contribution in [0.1, 0.15) is 17.2 Å². The number of halogens is 5. The van der Waals surface area contributed by atoms with Gasteiger partial charge in [-0.25, -0.2) is 13.1 Å². The van der Waals surface area contributed by atoms with Crippen molar-refractivity contribution >= 4 is 33.2 Å². The minimum absolute atomic E-state index is 0.234. The molecule has 30 heavy (non-hydrogen) atoms. The van der Waals surface area contributed by atoms with Crippen LogP contribution in [0.25, 0.3) is 0 Å². The number of ether oxygens (including phenoxy) is 1. The Kier molecular flexibility index (Phi) is 7.60. The van der Waals surface area contributed by atoms with Gasteiger partial charge in [-0.1, -0.05) is 29.3 Å². The normalized spacial score (nSPS) is 13.2. The number of hydrogen-bond donors (Lipinski definition) is 1. The van der Waals surface area contributed by atoms with E-state index in [1.54, 1.807) is 25.1 Å². The van der Waals surface area contributed by atoms with Gasteiger partial charge in [0.15, 0.2) is 0 Å². The summed E-state index contributed by atoms with van der Waals surface area (Å²) in [5, 5.41) is 9.63. The van der Waals surface area contributed by atoms with Gasteiger partial charge in [0, 0.05) is 6.54 Å². The first-order chi connectivity index (χ1) is 13.8. The van der Waals surface area contributed by atoms with Gasteiger partial charge in [-0.05, 0) is 50.0 Å². The lowest BCUT2D eigenvalue weighted by molar-refractivity contribution is -0.274. The van der Waals surface area contributed by atoms with Crippen molar-refractivity contribution < 1.29 is 26.3 Å². The van der Waals surface area contributed by atoms with Gasteiger partial charge in [0.05, 0.1) is 26.5 Å². The first kappa shape index (κ1) is 24.2. The zero-order valence-corrected chi connectivity index (χ0v) is 18.0. The van der Waals surface area contributed by atoms with E-state index in [4.69, 9.17) is 28.5 Å². The van der Waals surface area contributed by atoms with Crippen LogP contribution < -0.4 is 9.46 Å². The van der Waals surface area contributed by atoms with Crippen LogP contribution in [0.3, 0.4) is 0 Å². The highest BCUT2D eigenvalue weighted by atomic mass is 35.5. The van der Waals surface area contributed by atoms with E-state index in [0.717, 1.165) is 18.2 Å². The molecule has 0 saturated heterocycles. The summed E-state index contributed by atoms with van der Waals surface area (Å²) in [5.74, 6) is -0.793. The van der Waals surface area contributed by atoms with E-state index < -0.39 is 38.6 Å². The molecule has 2 aromatic rings. The number of nitriles is 1. The molecule has 0 amide bonds. The fourth-order valence-electron chi connectivity index (χ4n) is 2.54. The third-order valence-electron chi connectivity index (χ3n) is 3.80. The Hall–Kier alpha value is -2.03. The average Bonchev–Trinajstić information content (AvgIpc) is 2.61. The number of likely N-dealkylation sites (N-methyl/N-ethyl adjacent to an activating group) is 1. The van der Waals surface area contributed by atoms with Crippen molar-refractivity contribution in [3.05, 3.63) is 57.6 Å². The average molecular weight is 482 g/mol. The van der Waals surface area contributed by atoms with E-state index in [1.807, 2.05) is 0 Å². The van der Waals surface area contributed by atoms with Gasteiger partial charge >= 0.3 is 6.36 Å². The van der Waals surface area contributed by atoms with Crippen molar-refractivity contribution in [1.29, 1.82) is 5.26 Å². The number of nitrogens with one attached hydrogen (secondary N) is 1. The number of rotatable bonds is 7. The monoisotopic (exact) mass is 481 g/mol. The number of alkyl halides is 3. The molecule has 162 valence electrons. The maximum absolute atomic E-state index is 12.9. The fraction of sp³-hybridized carbons (Fsp3) is 0.278. The molecule has 0 aliphatic heterocycles. The fourth-order valence-corrected chi connectivity index (χ4v) is 4.09. The summed E-state index contributed by atoms with van der Waals surface area (Å²) in [6.07, 6.45) is -5.02. The molecule has 0 aromatic heterocycles. The lowest BCUT2D eigenvalue weighted by atomic mass is 10.1. The quantitative estimate of drug-likeness (QED) is 0.635. The van der Waals surface area contributed by atoms with E-state index >= 15 is 0 Å². The zero-order valence-electron chi connectivity index (χ0n) is 15.7. The van der Waals surface area contributed by atoms with Crippen molar-refractivity contribution in [2.45, 2.75) is 17.3 Å². The lowest BCUT2D eigenvalue weighted by Crippen LogP contribution is -2.35. The Morgan fingerprint density at radius 3 is 2.37 bits per heavy atom. The van der Waals surface area contributed by atoms with Crippen molar-refractivity contribution in [2.75, 3.05) is 20.6 Å². The molecule has 0 heterocycles. The molecular formula is C18H16Cl2F3N3O3S. The topological polar surface area (TPSA) is 82.4 Å². The predicted octanol–water partition coefficient (Wildman–Crippen LogP) is 4.34. The van der Waals surface area contributed by atoms with Gasteiger partial charge in [-0.3, -0.25) is 0 Å². The molecule has 0 aliphatic rings. The van der Waals surface area contributed by atoms with Crippen LogP contribution in [0.15, 0.2) is 41.3 Å². The first-order valence-corrected chi connectivity index (χ1v) is 10.5. The van der Waals surface area contributed by atoms with Gasteiger partial charge in [-0.15, -0.1) is 13.2 Å². The largest absolute Gasteiger partial charge is 0.573 e. The number of nitrogens with zero attached hydrogens (tertiary/aromatic N) is 2. The van der Waals surface area contributed by atoms with Gasteiger partial charge in [0.25, 0.3) is 0 Å². The highest BCUT2D eigenvalue weighted by Gasteiger charge is 2.33. The third kappa shape index (κ3) is 6.48. The molecule has 0 spiro atoms. The zero-order chi connectivity index (χ0) is 22.7. The minimum Gasteiger partial charge on any atom is -0.404 e. The minimum atomic E-state index is -5.02. The van der Waals surface area contributed by atoms with Crippen LogP contribution in [-0.4, -0.2) is 40.3 Å². The van der Waals surface area contributed by atoms with Gasteiger partial charge in [0.2, 0.25) is 10.0 Å². The first-order valence-electron chi connectivity index (χ1n) is 8.24. The molecule has 0 unspecified atom stereocenters. The number of hydrogen-bond acceptors (Lipinski definition) is 5. The second kappa shape index (κ2) is 9.41. The molecular weight excluding hydrogens is 466 g/mol. The maximum atomic E-state index is 12.9. The SMILES string of the molecule is CN(C)C[C@H](NS(=O)(=O)c1ccc(OC(F)(F)F)c(C#N)c1)c1ccc(Cl)c(Cl)c1. The number of benzene rings is 2. The van der Waals surface area contributed by atoms with Crippen molar-refractivity contribution in [3.8, 4) is 11.8 Å². The molecule has 2 aromatic carbocycles. The van der Waals surface area contributed by atoms with Crippen LogP contribution in [0.2, 0.25) is 10.0 Å².